The van der Waals surface area contributed by atoms with Crippen LogP contribution in [-0.4, -0.2) is 23.5 Å². The first kappa shape index (κ1) is 14.4. The lowest BCUT2D eigenvalue weighted by Gasteiger charge is -2.28. The fourth-order valence-corrected chi connectivity index (χ4v) is 1.88. The van der Waals surface area contributed by atoms with Gasteiger partial charge < -0.3 is 15.2 Å². The standard InChI is InChI=1S/C12H11F4NO3/c13-7-4-5-8(17-6-2-1-3-6)9(11(18)19)10(7)20-12(14,15)16/h4-6,17H,1-3H2,(H,18,19). The number of rotatable bonds is 4. The van der Waals surface area contributed by atoms with Crippen LogP contribution in [0.1, 0.15) is 29.6 Å². The largest absolute Gasteiger partial charge is 0.573 e. The van der Waals surface area contributed by atoms with E-state index in [4.69, 9.17) is 5.11 Å². The molecule has 1 fully saturated rings. The number of carboxylic acids is 1. The minimum absolute atomic E-state index is 0.0164. The fraction of sp³-hybridized carbons (Fsp3) is 0.417. The molecule has 1 aliphatic carbocycles. The van der Waals surface area contributed by atoms with Crippen LogP contribution in [0.15, 0.2) is 12.1 Å². The number of halogens is 4. The molecule has 0 aliphatic heterocycles. The molecule has 0 radical (unpaired) electrons. The van der Waals surface area contributed by atoms with Crippen molar-refractivity contribution in [2.75, 3.05) is 5.32 Å². The smallest absolute Gasteiger partial charge is 0.477 e. The summed E-state index contributed by atoms with van der Waals surface area (Å²) in [5.41, 5.74) is -0.933. The first-order valence-corrected chi connectivity index (χ1v) is 5.86. The molecule has 110 valence electrons. The Morgan fingerprint density at radius 1 is 1.35 bits per heavy atom. The van der Waals surface area contributed by atoms with Crippen LogP contribution in [0, 0.1) is 5.82 Å². The second kappa shape index (κ2) is 5.18. The summed E-state index contributed by atoms with van der Waals surface area (Å²) in [5.74, 6) is -4.39. The van der Waals surface area contributed by atoms with Crippen LogP contribution in [0.4, 0.5) is 23.2 Å². The second-order valence-corrected chi connectivity index (χ2v) is 4.42. The van der Waals surface area contributed by atoms with E-state index < -0.39 is 29.5 Å². The molecule has 0 amide bonds. The summed E-state index contributed by atoms with van der Waals surface area (Å²) in [7, 11) is 0. The number of ether oxygens (including phenoxy) is 1. The van der Waals surface area contributed by atoms with Gasteiger partial charge in [0, 0.05) is 6.04 Å². The first-order valence-electron chi connectivity index (χ1n) is 5.86. The summed E-state index contributed by atoms with van der Waals surface area (Å²) in [6, 6.07) is 1.83. The summed E-state index contributed by atoms with van der Waals surface area (Å²) < 4.78 is 53.6. The van der Waals surface area contributed by atoms with Crippen LogP contribution in [0.25, 0.3) is 0 Å². The van der Waals surface area contributed by atoms with Crippen LogP contribution in [0.5, 0.6) is 5.75 Å². The molecule has 0 atom stereocenters. The van der Waals surface area contributed by atoms with E-state index in [0.29, 0.717) is 0 Å². The normalized spacial score (nSPS) is 15.6. The summed E-state index contributed by atoms with van der Waals surface area (Å²) >= 11 is 0. The van der Waals surface area contributed by atoms with Gasteiger partial charge in [0.1, 0.15) is 5.56 Å². The van der Waals surface area contributed by atoms with Crippen molar-refractivity contribution >= 4 is 11.7 Å². The minimum Gasteiger partial charge on any atom is -0.477 e. The number of aromatic carboxylic acids is 1. The number of carboxylic acid groups (broad SMARTS) is 1. The average Bonchev–Trinajstić information content (AvgIpc) is 2.25. The molecule has 0 unspecified atom stereocenters. The van der Waals surface area contributed by atoms with Crippen molar-refractivity contribution < 1.29 is 32.2 Å². The zero-order valence-electron chi connectivity index (χ0n) is 10.1. The third kappa shape index (κ3) is 3.12. The van der Waals surface area contributed by atoms with E-state index in [1.54, 1.807) is 0 Å². The molecule has 0 spiro atoms. The molecular weight excluding hydrogens is 282 g/mol. The van der Waals surface area contributed by atoms with Crippen molar-refractivity contribution in [3.8, 4) is 5.75 Å². The summed E-state index contributed by atoms with van der Waals surface area (Å²) in [6.07, 6.45) is -2.65. The number of anilines is 1. The van der Waals surface area contributed by atoms with Gasteiger partial charge in [-0.2, -0.15) is 0 Å². The van der Waals surface area contributed by atoms with Crippen molar-refractivity contribution in [1.82, 2.24) is 0 Å². The monoisotopic (exact) mass is 293 g/mol. The van der Waals surface area contributed by atoms with E-state index >= 15 is 0 Å². The van der Waals surface area contributed by atoms with Crippen LogP contribution in [-0.2, 0) is 0 Å². The third-order valence-electron chi connectivity index (χ3n) is 3.01. The molecule has 1 aromatic carbocycles. The van der Waals surface area contributed by atoms with Gasteiger partial charge in [-0.15, -0.1) is 13.2 Å². The summed E-state index contributed by atoms with van der Waals surface area (Å²) in [6.45, 7) is 0. The van der Waals surface area contributed by atoms with Gasteiger partial charge in [-0.05, 0) is 31.4 Å². The molecule has 20 heavy (non-hydrogen) atoms. The number of carbonyl (C=O) groups is 1. The van der Waals surface area contributed by atoms with Crippen molar-refractivity contribution in [3.63, 3.8) is 0 Å². The van der Waals surface area contributed by atoms with Crippen LogP contribution in [0.3, 0.4) is 0 Å². The van der Waals surface area contributed by atoms with E-state index in [1.165, 1.54) is 0 Å². The van der Waals surface area contributed by atoms with Gasteiger partial charge in [0.2, 0.25) is 0 Å². The molecule has 4 nitrogen and oxygen atoms in total. The molecule has 1 saturated carbocycles. The minimum atomic E-state index is -5.17. The van der Waals surface area contributed by atoms with Gasteiger partial charge in [0.05, 0.1) is 5.69 Å². The molecular formula is C12H11F4NO3. The number of hydrogen-bond donors (Lipinski definition) is 2. The van der Waals surface area contributed by atoms with E-state index in [0.717, 1.165) is 31.4 Å². The summed E-state index contributed by atoms with van der Waals surface area (Å²) in [4.78, 5) is 11.1. The topological polar surface area (TPSA) is 58.6 Å². The van der Waals surface area contributed by atoms with Crippen molar-refractivity contribution in [2.24, 2.45) is 0 Å². The lowest BCUT2D eigenvalue weighted by Crippen LogP contribution is -2.28. The fourth-order valence-electron chi connectivity index (χ4n) is 1.88. The Kier molecular flexibility index (Phi) is 3.74. The molecule has 0 bridgehead atoms. The molecule has 0 aromatic heterocycles. The highest BCUT2D eigenvalue weighted by Crippen LogP contribution is 2.35. The number of alkyl halides is 3. The molecule has 2 rings (SSSR count). The van der Waals surface area contributed by atoms with Crippen LogP contribution >= 0.6 is 0 Å². The molecule has 0 saturated heterocycles. The zero-order valence-corrected chi connectivity index (χ0v) is 10.1. The maximum absolute atomic E-state index is 13.4. The highest BCUT2D eigenvalue weighted by atomic mass is 19.4. The number of benzene rings is 1. The van der Waals surface area contributed by atoms with E-state index in [1.807, 2.05) is 0 Å². The molecule has 1 aromatic rings. The average molecular weight is 293 g/mol. The van der Waals surface area contributed by atoms with E-state index in [9.17, 15) is 22.4 Å². The Morgan fingerprint density at radius 3 is 2.45 bits per heavy atom. The van der Waals surface area contributed by atoms with Gasteiger partial charge in [-0.1, -0.05) is 0 Å². The highest BCUT2D eigenvalue weighted by molar-refractivity contribution is 5.97. The SMILES string of the molecule is O=C(O)c1c(NC2CCC2)ccc(F)c1OC(F)(F)F. The number of nitrogens with one attached hydrogen (secondary N) is 1. The molecule has 8 heteroatoms. The van der Waals surface area contributed by atoms with Gasteiger partial charge in [-0.3, -0.25) is 0 Å². The maximum atomic E-state index is 13.4. The van der Waals surface area contributed by atoms with E-state index in [2.05, 4.69) is 10.1 Å². The maximum Gasteiger partial charge on any atom is 0.573 e. The van der Waals surface area contributed by atoms with Crippen molar-refractivity contribution in [2.45, 2.75) is 31.7 Å². The summed E-state index contributed by atoms with van der Waals surface area (Å²) in [5, 5.41) is 11.8. The van der Waals surface area contributed by atoms with Crippen molar-refractivity contribution in [3.05, 3.63) is 23.5 Å². The number of hydrogen-bond acceptors (Lipinski definition) is 3. The predicted octanol–water partition coefficient (Wildman–Crippen LogP) is 3.39. The van der Waals surface area contributed by atoms with Crippen LogP contribution < -0.4 is 10.1 Å². The first-order chi connectivity index (χ1) is 9.28. The third-order valence-corrected chi connectivity index (χ3v) is 3.01. The van der Waals surface area contributed by atoms with Crippen molar-refractivity contribution in [1.29, 1.82) is 0 Å². The second-order valence-electron chi connectivity index (χ2n) is 4.42. The lowest BCUT2D eigenvalue weighted by molar-refractivity contribution is -0.275. The Bertz CT molecular complexity index is 526. The van der Waals surface area contributed by atoms with Gasteiger partial charge >= 0.3 is 12.3 Å². The Labute approximate surface area is 111 Å². The highest BCUT2D eigenvalue weighted by Gasteiger charge is 2.36. The van der Waals surface area contributed by atoms with Crippen LogP contribution in [0.2, 0.25) is 0 Å². The molecule has 1 aliphatic rings. The Morgan fingerprint density at radius 2 is 2.00 bits per heavy atom. The molecule has 2 N–H and O–H groups in total. The Balaban J connectivity index is 2.41. The predicted molar refractivity (Wildman–Crippen MR) is 61.3 cm³/mol. The van der Waals surface area contributed by atoms with E-state index in [-0.39, 0.29) is 11.7 Å². The zero-order chi connectivity index (χ0) is 14.9. The quantitative estimate of drug-likeness (QED) is 0.835. The van der Waals surface area contributed by atoms with Gasteiger partial charge in [-0.25, -0.2) is 9.18 Å². The Hall–Kier alpha value is -1.99. The van der Waals surface area contributed by atoms with Gasteiger partial charge in [0.15, 0.2) is 11.6 Å². The molecule has 0 heterocycles. The van der Waals surface area contributed by atoms with Gasteiger partial charge in [0.25, 0.3) is 0 Å². The lowest BCUT2D eigenvalue weighted by atomic mass is 9.92.